The zero-order valence-corrected chi connectivity index (χ0v) is 14.4. The van der Waals surface area contributed by atoms with Crippen LogP contribution in [0.4, 0.5) is 5.82 Å². The number of nitrogens with two attached hydrogens (primary N) is 1. The molecular weight excluding hydrogens is 344 g/mol. The van der Waals surface area contributed by atoms with Gasteiger partial charge in [0.15, 0.2) is 23.8 Å². The SMILES string of the molecule is CC(C)CNC(=O)C(O)[C@H]1O[C@@H](n2cnc3c(N)ncnc32)[C@H](O)[C@@H]1O. The van der Waals surface area contributed by atoms with E-state index in [9.17, 15) is 20.1 Å². The number of aliphatic hydroxyl groups is 3. The molecule has 1 aliphatic heterocycles. The fraction of sp³-hybridized carbons (Fsp3) is 0.600. The number of ether oxygens (including phenoxy) is 1. The lowest BCUT2D eigenvalue weighted by Crippen LogP contribution is -2.48. The lowest BCUT2D eigenvalue weighted by Gasteiger charge is -2.21. The first-order valence-electron chi connectivity index (χ1n) is 8.21. The van der Waals surface area contributed by atoms with Crippen molar-refractivity contribution in [3.63, 3.8) is 0 Å². The average Bonchev–Trinajstić information content (AvgIpc) is 3.15. The number of carbonyl (C=O) groups is 1. The quantitative estimate of drug-likeness (QED) is 0.408. The van der Waals surface area contributed by atoms with Crippen LogP contribution in [-0.4, -0.2) is 71.7 Å². The van der Waals surface area contributed by atoms with Crippen LogP contribution in [0.3, 0.4) is 0 Å². The number of aromatic nitrogens is 4. The molecule has 0 aliphatic carbocycles. The normalized spacial score (nSPS) is 27.2. The summed E-state index contributed by atoms with van der Waals surface area (Å²) in [4.78, 5) is 24.0. The van der Waals surface area contributed by atoms with Crippen molar-refractivity contribution in [1.29, 1.82) is 0 Å². The van der Waals surface area contributed by atoms with E-state index in [0.717, 1.165) is 0 Å². The van der Waals surface area contributed by atoms with E-state index in [1.807, 2.05) is 13.8 Å². The van der Waals surface area contributed by atoms with Crippen molar-refractivity contribution in [2.24, 2.45) is 5.92 Å². The van der Waals surface area contributed by atoms with Crippen LogP contribution in [-0.2, 0) is 9.53 Å². The molecule has 0 saturated carbocycles. The van der Waals surface area contributed by atoms with Crippen LogP contribution in [0, 0.1) is 5.92 Å². The van der Waals surface area contributed by atoms with Crippen molar-refractivity contribution in [2.75, 3.05) is 12.3 Å². The Hall–Kier alpha value is -2.34. The van der Waals surface area contributed by atoms with E-state index in [0.29, 0.717) is 17.7 Å². The van der Waals surface area contributed by atoms with Crippen LogP contribution in [0.15, 0.2) is 12.7 Å². The molecule has 1 unspecified atom stereocenters. The number of nitrogens with zero attached hydrogens (tertiary/aromatic N) is 4. The number of imidazole rings is 1. The summed E-state index contributed by atoms with van der Waals surface area (Å²) in [5.74, 6) is -0.328. The van der Waals surface area contributed by atoms with Gasteiger partial charge in [-0.3, -0.25) is 9.36 Å². The molecule has 3 heterocycles. The molecule has 0 radical (unpaired) electrons. The molecule has 6 N–H and O–H groups in total. The Balaban J connectivity index is 1.81. The fourth-order valence-electron chi connectivity index (χ4n) is 2.79. The van der Waals surface area contributed by atoms with Crippen LogP contribution in [0.5, 0.6) is 0 Å². The summed E-state index contributed by atoms with van der Waals surface area (Å²) in [5.41, 5.74) is 6.35. The number of carbonyl (C=O) groups excluding carboxylic acids is 1. The lowest BCUT2D eigenvalue weighted by molar-refractivity contribution is -0.143. The van der Waals surface area contributed by atoms with Gasteiger partial charge in [0.2, 0.25) is 0 Å². The summed E-state index contributed by atoms with van der Waals surface area (Å²) in [5, 5.41) is 33.4. The zero-order chi connectivity index (χ0) is 19.0. The highest BCUT2D eigenvalue weighted by Gasteiger charge is 2.49. The van der Waals surface area contributed by atoms with E-state index < -0.39 is 36.6 Å². The molecule has 2 aromatic rings. The van der Waals surface area contributed by atoms with Gasteiger partial charge in [0.1, 0.15) is 30.2 Å². The maximum absolute atomic E-state index is 12.0. The van der Waals surface area contributed by atoms with Crippen LogP contribution in [0.1, 0.15) is 20.1 Å². The van der Waals surface area contributed by atoms with Gasteiger partial charge in [-0.15, -0.1) is 0 Å². The fourth-order valence-corrected chi connectivity index (χ4v) is 2.79. The summed E-state index contributed by atoms with van der Waals surface area (Å²) in [6.07, 6.45) is -4.35. The Labute approximate surface area is 148 Å². The predicted molar refractivity (Wildman–Crippen MR) is 89.5 cm³/mol. The molecule has 1 fully saturated rings. The Kier molecular flexibility index (Phi) is 5.05. The van der Waals surface area contributed by atoms with Crippen molar-refractivity contribution >= 4 is 22.9 Å². The second kappa shape index (κ2) is 7.11. The Morgan fingerprint density at radius 1 is 1.35 bits per heavy atom. The number of nitrogen functional groups attached to an aromatic ring is 1. The van der Waals surface area contributed by atoms with Gasteiger partial charge < -0.3 is 31.1 Å². The summed E-state index contributed by atoms with van der Waals surface area (Å²) in [7, 11) is 0. The van der Waals surface area contributed by atoms with E-state index in [4.69, 9.17) is 10.5 Å². The van der Waals surface area contributed by atoms with Gasteiger partial charge in [0.05, 0.1) is 6.33 Å². The van der Waals surface area contributed by atoms with Gasteiger partial charge in [-0.1, -0.05) is 13.8 Å². The number of hydrogen-bond acceptors (Lipinski definition) is 9. The maximum Gasteiger partial charge on any atom is 0.251 e. The Bertz CT molecular complexity index is 796. The third-order valence-corrected chi connectivity index (χ3v) is 4.20. The van der Waals surface area contributed by atoms with E-state index in [-0.39, 0.29) is 11.7 Å². The Morgan fingerprint density at radius 2 is 2.08 bits per heavy atom. The smallest absolute Gasteiger partial charge is 0.251 e. The van der Waals surface area contributed by atoms with Crippen molar-refractivity contribution < 1.29 is 24.9 Å². The van der Waals surface area contributed by atoms with E-state index >= 15 is 0 Å². The molecule has 142 valence electrons. The van der Waals surface area contributed by atoms with E-state index in [1.165, 1.54) is 17.2 Å². The van der Waals surface area contributed by atoms with Gasteiger partial charge in [-0.05, 0) is 5.92 Å². The first-order valence-corrected chi connectivity index (χ1v) is 8.21. The minimum absolute atomic E-state index is 0.159. The number of nitrogens with one attached hydrogen (secondary N) is 1. The molecular formula is C15H22N6O5. The topological polar surface area (TPSA) is 169 Å². The van der Waals surface area contributed by atoms with E-state index in [1.54, 1.807) is 0 Å². The number of anilines is 1. The molecule has 0 aromatic carbocycles. The van der Waals surface area contributed by atoms with Gasteiger partial charge >= 0.3 is 0 Å². The number of hydrogen-bond donors (Lipinski definition) is 5. The van der Waals surface area contributed by atoms with Gasteiger partial charge in [-0.25, -0.2) is 15.0 Å². The molecule has 3 rings (SSSR count). The summed E-state index contributed by atoms with van der Waals surface area (Å²) < 4.78 is 6.95. The second-order valence-electron chi connectivity index (χ2n) is 6.64. The third-order valence-electron chi connectivity index (χ3n) is 4.20. The predicted octanol–water partition coefficient (Wildman–Crippen LogP) is -1.84. The van der Waals surface area contributed by atoms with E-state index in [2.05, 4.69) is 20.3 Å². The molecule has 11 heteroatoms. The Morgan fingerprint density at radius 3 is 2.77 bits per heavy atom. The van der Waals surface area contributed by atoms with Crippen LogP contribution in [0.2, 0.25) is 0 Å². The summed E-state index contributed by atoms with van der Waals surface area (Å²) in [6.45, 7) is 4.18. The first kappa shape index (κ1) is 18.5. The van der Waals surface area contributed by atoms with Gasteiger partial charge in [0.25, 0.3) is 5.91 Å². The largest absolute Gasteiger partial charge is 0.387 e. The second-order valence-corrected chi connectivity index (χ2v) is 6.64. The number of amides is 1. The van der Waals surface area contributed by atoms with Crippen LogP contribution < -0.4 is 11.1 Å². The highest BCUT2D eigenvalue weighted by Crippen LogP contribution is 2.33. The molecule has 1 saturated heterocycles. The van der Waals surface area contributed by atoms with Crippen LogP contribution in [0.25, 0.3) is 11.2 Å². The van der Waals surface area contributed by atoms with Crippen molar-refractivity contribution in [3.8, 4) is 0 Å². The lowest BCUT2D eigenvalue weighted by atomic mass is 10.0. The van der Waals surface area contributed by atoms with Crippen molar-refractivity contribution in [1.82, 2.24) is 24.8 Å². The molecule has 1 aliphatic rings. The molecule has 26 heavy (non-hydrogen) atoms. The number of rotatable bonds is 5. The highest BCUT2D eigenvalue weighted by atomic mass is 16.6. The van der Waals surface area contributed by atoms with Crippen molar-refractivity contribution in [2.45, 2.75) is 44.5 Å². The molecule has 11 nitrogen and oxygen atoms in total. The molecule has 2 aromatic heterocycles. The van der Waals surface area contributed by atoms with Gasteiger partial charge in [0, 0.05) is 6.54 Å². The molecule has 0 bridgehead atoms. The maximum atomic E-state index is 12.0. The number of aliphatic hydroxyl groups excluding tert-OH is 3. The molecule has 5 atom stereocenters. The van der Waals surface area contributed by atoms with Crippen molar-refractivity contribution in [3.05, 3.63) is 12.7 Å². The monoisotopic (exact) mass is 366 g/mol. The average molecular weight is 366 g/mol. The zero-order valence-electron chi connectivity index (χ0n) is 14.4. The van der Waals surface area contributed by atoms with Crippen LogP contribution >= 0.6 is 0 Å². The summed E-state index contributed by atoms with van der Waals surface area (Å²) >= 11 is 0. The summed E-state index contributed by atoms with van der Waals surface area (Å²) in [6, 6.07) is 0. The highest BCUT2D eigenvalue weighted by molar-refractivity contribution is 5.82. The first-order chi connectivity index (χ1) is 12.3. The minimum atomic E-state index is -1.64. The molecule has 1 amide bonds. The van der Waals surface area contributed by atoms with Gasteiger partial charge in [-0.2, -0.15) is 0 Å². The standard InChI is InChI=1S/C15H22N6O5/c1-6(2)3-17-14(25)10(24)11-8(22)9(23)15(26-11)21-5-20-7-12(16)18-4-19-13(7)21/h4-6,8-11,15,22-24H,3H2,1-2H3,(H,17,25)(H2,16,18,19)/t8-,9+,10?,11-,15+/m0/s1. The third kappa shape index (κ3) is 3.21. The molecule has 0 spiro atoms. The number of fused-ring (bicyclic) bond motifs is 1. The minimum Gasteiger partial charge on any atom is -0.387 e.